The van der Waals surface area contributed by atoms with Gasteiger partial charge in [-0.05, 0) is 38.9 Å². The summed E-state index contributed by atoms with van der Waals surface area (Å²) >= 11 is 0. The molecular weight excluding hydrogens is 366 g/mol. The Morgan fingerprint density at radius 2 is 2.03 bits per heavy atom. The van der Waals surface area contributed by atoms with E-state index in [9.17, 15) is 5.11 Å². The summed E-state index contributed by atoms with van der Waals surface area (Å²) in [4.78, 5) is 13.3. The molecule has 0 saturated heterocycles. The van der Waals surface area contributed by atoms with E-state index in [1.165, 1.54) is 0 Å². The number of hydrogen-bond acceptors (Lipinski definition) is 7. The number of rotatable bonds is 5. The number of ether oxygens (including phenoxy) is 1. The van der Waals surface area contributed by atoms with Crippen LogP contribution in [0.4, 0.5) is 11.5 Å². The van der Waals surface area contributed by atoms with Crippen molar-refractivity contribution in [2.45, 2.75) is 19.4 Å². The Morgan fingerprint density at radius 1 is 1.24 bits per heavy atom. The molecule has 29 heavy (non-hydrogen) atoms. The maximum atomic E-state index is 10.3. The van der Waals surface area contributed by atoms with E-state index in [1.54, 1.807) is 6.07 Å². The molecule has 2 heterocycles. The fourth-order valence-electron chi connectivity index (χ4n) is 3.90. The Hall–Kier alpha value is -3.06. The van der Waals surface area contributed by atoms with Gasteiger partial charge in [0, 0.05) is 35.8 Å². The first-order chi connectivity index (χ1) is 13.9. The second-order valence-electron chi connectivity index (χ2n) is 7.71. The van der Waals surface area contributed by atoms with Crippen LogP contribution in [0.3, 0.4) is 0 Å². The number of phenols is 1. The van der Waals surface area contributed by atoms with Gasteiger partial charge < -0.3 is 25.4 Å². The van der Waals surface area contributed by atoms with Crippen LogP contribution in [0.2, 0.25) is 0 Å². The van der Waals surface area contributed by atoms with Crippen molar-refractivity contribution >= 4 is 22.3 Å². The first-order valence-electron chi connectivity index (χ1n) is 9.86. The number of phenolic OH excluding ortho intramolecular Hbond substituents is 1. The number of hydrogen-bond donors (Lipinski definition) is 2. The highest BCUT2D eigenvalue weighted by atomic mass is 16.5. The lowest BCUT2D eigenvalue weighted by molar-refractivity contribution is 0.244. The number of likely N-dealkylation sites (N-methyl/N-ethyl adjacent to an activating group) is 1. The topological polar surface area (TPSA) is 87.7 Å². The fourth-order valence-corrected chi connectivity index (χ4v) is 3.90. The van der Waals surface area contributed by atoms with Gasteiger partial charge in [0.1, 0.15) is 18.2 Å². The highest BCUT2D eigenvalue weighted by Gasteiger charge is 2.29. The first kappa shape index (κ1) is 19.3. The largest absolute Gasteiger partial charge is 0.508 e. The number of benzene rings is 2. The number of fused-ring (bicyclic) bond motifs is 2. The molecule has 0 radical (unpaired) electrons. The lowest BCUT2D eigenvalue weighted by Crippen LogP contribution is -2.35. The van der Waals surface area contributed by atoms with Crippen molar-refractivity contribution in [3.05, 3.63) is 47.7 Å². The van der Waals surface area contributed by atoms with Crippen molar-refractivity contribution in [3.8, 4) is 11.8 Å². The van der Waals surface area contributed by atoms with Crippen molar-refractivity contribution in [1.82, 2.24) is 14.9 Å². The average molecular weight is 393 g/mol. The average Bonchev–Trinajstić information content (AvgIpc) is 2.68. The molecule has 3 N–H and O–H groups in total. The van der Waals surface area contributed by atoms with E-state index in [0.29, 0.717) is 18.4 Å². The van der Waals surface area contributed by atoms with Crippen molar-refractivity contribution in [2.75, 3.05) is 44.4 Å². The standard InChI is InChI=1S/C22H27N5O2/c1-14-20-18(21(23)25-22(24-20)29-11-10-26(2)3)8-9-27(14)19-13-16(28)12-15-6-4-5-7-17(15)19/h4-7,12-14,28H,8-11H2,1-3H3,(H2,23,24,25). The molecule has 0 spiro atoms. The number of nitrogens with zero attached hydrogens (tertiary/aromatic N) is 4. The SMILES string of the molecule is CC1c2nc(OCCN(C)C)nc(N)c2CCN1c1cc(O)cc2ccccc12. The zero-order chi connectivity index (χ0) is 20.5. The Kier molecular flexibility index (Phi) is 5.15. The molecule has 2 aromatic carbocycles. The Morgan fingerprint density at radius 3 is 2.83 bits per heavy atom. The van der Waals surface area contributed by atoms with Crippen LogP contribution in [0.5, 0.6) is 11.8 Å². The number of nitrogen functional groups attached to an aromatic ring is 1. The van der Waals surface area contributed by atoms with Crippen LogP contribution in [-0.2, 0) is 6.42 Å². The minimum atomic E-state index is -0.0227. The molecule has 1 unspecified atom stereocenters. The second kappa shape index (κ2) is 7.75. The highest BCUT2D eigenvalue weighted by Crippen LogP contribution is 2.39. The molecule has 1 aromatic heterocycles. The van der Waals surface area contributed by atoms with Crippen LogP contribution in [0.25, 0.3) is 10.8 Å². The summed E-state index contributed by atoms with van der Waals surface area (Å²) in [5.74, 6) is 0.744. The summed E-state index contributed by atoms with van der Waals surface area (Å²) in [6.07, 6.45) is 0.744. The maximum absolute atomic E-state index is 10.3. The van der Waals surface area contributed by atoms with Gasteiger partial charge in [-0.25, -0.2) is 0 Å². The molecule has 0 amide bonds. The molecule has 7 heteroatoms. The predicted molar refractivity (Wildman–Crippen MR) is 116 cm³/mol. The molecule has 1 atom stereocenters. The van der Waals surface area contributed by atoms with Gasteiger partial charge in [-0.15, -0.1) is 0 Å². The molecular formula is C22H27N5O2. The summed E-state index contributed by atoms with van der Waals surface area (Å²) in [6.45, 7) is 4.15. The second-order valence-corrected chi connectivity index (χ2v) is 7.71. The number of anilines is 2. The third-order valence-electron chi connectivity index (χ3n) is 5.42. The summed E-state index contributed by atoms with van der Waals surface area (Å²) in [5.41, 5.74) is 9.10. The molecule has 4 rings (SSSR count). The van der Waals surface area contributed by atoms with Gasteiger partial charge in [0.25, 0.3) is 0 Å². The molecule has 0 bridgehead atoms. The van der Waals surface area contributed by atoms with Gasteiger partial charge in [-0.3, -0.25) is 0 Å². The molecule has 1 aliphatic rings. The van der Waals surface area contributed by atoms with E-state index in [2.05, 4.69) is 22.9 Å². The van der Waals surface area contributed by atoms with Gasteiger partial charge in [0.2, 0.25) is 0 Å². The van der Waals surface area contributed by atoms with Crippen LogP contribution in [-0.4, -0.2) is 53.8 Å². The first-order valence-corrected chi connectivity index (χ1v) is 9.86. The Bertz CT molecular complexity index is 1040. The van der Waals surface area contributed by atoms with E-state index in [1.807, 2.05) is 43.3 Å². The van der Waals surface area contributed by atoms with E-state index in [0.717, 1.165) is 47.2 Å². The molecule has 1 aliphatic heterocycles. The molecule has 0 aliphatic carbocycles. The maximum Gasteiger partial charge on any atom is 0.318 e. The van der Waals surface area contributed by atoms with Gasteiger partial charge in [0.05, 0.1) is 11.7 Å². The normalized spacial score (nSPS) is 16.3. The van der Waals surface area contributed by atoms with Gasteiger partial charge in [-0.1, -0.05) is 24.3 Å². The Labute approximate surface area is 170 Å². The summed E-state index contributed by atoms with van der Waals surface area (Å²) in [5, 5.41) is 12.4. The summed E-state index contributed by atoms with van der Waals surface area (Å²) < 4.78 is 5.74. The van der Waals surface area contributed by atoms with E-state index in [4.69, 9.17) is 15.5 Å². The van der Waals surface area contributed by atoms with Crippen molar-refractivity contribution in [3.63, 3.8) is 0 Å². The zero-order valence-corrected chi connectivity index (χ0v) is 17.1. The number of nitrogens with two attached hydrogens (primary N) is 1. The minimum Gasteiger partial charge on any atom is -0.508 e. The zero-order valence-electron chi connectivity index (χ0n) is 17.1. The minimum absolute atomic E-state index is 0.0227. The van der Waals surface area contributed by atoms with Crippen LogP contribution in [0.1, 0.15) is 24.2 Å². The van der Waals surface area contributed by atoms with Crippen molar-refractivity contribution in [1.29, 1.82) is 0 Å². The lowest BCUT2D eigenvalue weighted by atomic mass is 9.97. The summed E-state index contributed by atoms with van der Waals surface area (Å²) in [7, 11) is 3.98. The van der Waals surface area contributed by atoms with E-state index < -0.39 is 0 Å². The van der Waals surface area contributed by atoms with Crippen LogP contribution >= 0.6 is 0 Å². The van der Waals surface area contributed by atoms with Gasteiger partial charge in [-0.2, -0.15) is 9.97 Å². The van der Waals surface area contributed by atoms with E-state index in [-0.39, 0.29) is 11.8 Å². The molecule has 152 valence electrons. The quantitative estimate of drug-likeness (QED) is 0.689. The molecule has 0 fully saturated rings. The molecule has 0 saturated carbocycles. The van der Waals surface area contributed by atoms with Crippen LogP contribution < -0.4 is 15.4 Å². The van der Waals surface area contributed by atoms with Crippen LogP contribution in [0, 0.1) is 0 Å². The highest BCUT2D eigenvalue weighted by molar-refractivity contribution is 5.96. The van der Waals surface area contributed by atoms with Gasteiger partial charge in [0.15, 0.2) is 0 Å². The Balaban J connectivity index is 1.69. The van der Waals surface area contributed by atoms with E-state index >= 15 is 0 Å². The summed E-state index contributed by atoms with van der Waals surface area (Å²) in [6, 6.07) is 12.0. The smallest absolute Gasteiger partial charge is 0.318 e. The fraction of sp³-hybridized carbons (Fsp3) is 0.364. The molecule has 3 aromatic rings. The third-order valence-corrected chi connectivity index (χ3v) is 5.42. The lowest BCUT2D eigenvalue weighted by Gasteiger charge is -2.37. The van der Waals surface area contributed by atoms with Crippen LogP contribution in [0.15, 0.2) is 36.4 Å². The number of aromatic nitrogens is 2. The monoisotopic (exact) mass is 393 g/mol. The van der Waals surface area contributed by atoms with Crippen molar-refractivity contribution < 1.29 is 9.84 Å². The van der Waals surface area contributed by atoms with Gasteiger partial charge >= 0.3 is 6.01 Å². The molecule has 7 nitrogen and oxygen atoms in total. The predicted octanol–water partition coefficient (Wildman–Crippen LogP) is 2.98. The number of aromatic hydroxyl groups is 1. The van der Waals surface area contributed by atoms with Crippen molar-refractivity contribution in [2.24, 2.45) is 0 Å². The third kappa shape index (κ3) is 3.78.